The van der Waals surface area contributed by atoms with Crippen molar-refractivity contribution >= 4 is 39.2 Å². The van der Waals surface area contributed by atoms with Crippen LogP contribution in [0.25, 0.3) is 10.2 Å². The van der Waals surface area contributed by atoms with Crippen molar-refractivity contribution in [3.63, 3.8) is 0 Å². The Kier molecular flexibility index (Phi) is 6.05. The number of nitrogens with zero attached hydrogens (tertiary/aromatic N) is 2. The Labute approximate surface area is 173 Å². The van der Waals surface area contributed by atoms with Crippen LogP contribution in [0.5, 0.6) is 0 Å². The molecule has 2 heterocycles. The lowest BCUT2D eigenvalue weighted by Gasteiger charge is -2.16. The van der Waals surface area contributed by atoms with Gasteiger partial charge in [0.1, 0.15) is 0 Å². The predicted molar refractivity (Wildman–Crippen MR) is 116 cm³/mol. The Hall–Kier alpha value is -2.93. The van der Waals surface area contributed by atoms with E-state index in [0.29, 0.717) is 19.4 Å². The molecule has 6 nitrogen and oxygen atoms in total. The van der Waals surface area contributed by atoms with E-state index < -0.39 is 0 Å². The highest BCUT2D eigenvalue weighted by atomic mass is 32.1. The van der Waals surface area contributed by atoms with Crippen LogP contribution in [0.15, 0.2) is 48.5 Å². The summed E-state index contributed by atoms with van der Waals surface area (Å²) in [7, 11) is 0. The highest BCUT2D eigenvalue weighted by Gasteiger charge is 2.17. The fourth-order valence-corrected chi connectivity index (χ4v) is 4.38. The Balaban J connectivity index is 1.26. The molecular weight excluding hydrogens is 384 g/mol. The Bertz CT molecular complexity index is 978. The van der Waals surface area contributed by atoms with Crippen molar-refractivity contribution in [1.29, 1.82) is 0 Å². The predicted octanol–water partition coefficient (Wildman–Crippen LogP) is 4.17. The summed E-state index contributed by atoms with van der Waals surface area (Å²) < 4.78 is 1.15. The number of hydrogen-bond acceptors (Lipinski definition) is 4. The number of benzene rings is 2. The molecule has 2 aromatic carbocycles. The number of rotatable bonds is 6. The Morgan fingerprint density at radius 1 is 1.07 bits per heavy atom. The number of hydrogen-bond donors (Lipinski definition) is 2. The van der Waals surface area contributed by atoms with Crippen LogP contribution in [0, 0.1) is 0 Å². The van der Waals surface area contributed by atoms with E-state index in [1.165, 1.54) is 0 Å². The summed E-state index contributed by atoms with van der Waals surface area (Å²) >= 11 is 1.64. The summed E-state index contributed by atoms with van der Waals surface area (Å²) in [5, 5.41) is 6.87. The van der Waals surface area contributed by atoms with Crippen LogP contribution in [0.3, 0.4) is 0 Å². The quantitative estimate of drug-likeness (QED) is 0.643. The maximum absolute atomic E-state index is 12.2. The van der Waals surface area contributed by atoms with Crippen LogP contribution in [0.4, 0.5) is 10.5 Å². The van der Waals surface area contributed by atoms with E-state index in [9.17, 15) is 9.59 Å². The van der Waals surface area contributed by atoms with Crippen LogP contribution < -0.4 is 10.6 Å². The van der Waals surface area contributed by atoms with Gasteiger partial charge in [-0.25, -0.2) is 9.78 Å². The third kappa shape index (κ3) is 5.12. The minimum atomic E-state index is -0.0560. The normalized spacial score (nSPS) is 13.6. The zero-order chi connectivity index (χ0) is 20.1. The summed E-state index contributed by atoms with van der Waals surface area (Å²) in [5.74, 6) is -0.00392. The molecule has 0 bridgehead atoms. The number of para-hydroxylation sites is 1. The highest BCUT2D eigenvalue weighted by Crippen LogP contribution is 2.22. The first kappa shape index (κ1) is 19.4. The van der Waals surface area contributed by atoms with Crippen LogP contribution in [0.2, 0.25) is 0 Å². The summed E-state index contributed by atoms with van der Waals surface area (Å²) in [6.45, 7) is 2.07. The molecule has 1 saturated heterocycles. The summed E-state index contributed by atoms with van der Waals surface area (Å²) in [6.07, 6.45) is 3.18. The molecule has 0 radical (unpaired) electrons. The van der Waals surface area contributed by atoms with E-state index in [1.807, 2.05) is 53.4 Å². The second-order valence-electron chi connectivity index (χ2n) is 7.18. The molecule has 4 rings (SSSR count). The number of anilines is 1. The number of likely N-dealkylation sites (tertiary alicyclic amines) is 1. The summed E-state index contributed by atoms with van der Waals surface area (Å²) in [5.41, 5.74) is 2.70. The van der Waals surface area contributed by atoms with Crippen molar-refractivity contribution in [2.24, 2.45) is 0 Å². The highest BCUT2D eigenvalue weighted by molar-refractivity contribution is 7.18. The molecule has 3 amide bonds. The number of thiazole rings is 1. The SMILES string of the molecule is O=C(CCc1nc2ccccc2s1)NCc1cccc(NC(=O)N2CCCC2)c1. The number of amides is 3. The number of carbonyl (C=O) groups is 2. The van der Waals surface area contributed by atoms with E-state index in [0.717, 1.165) is 52.4 Å². The molecule has 7 heteroatoms. The number of aromatic nitrogens is 1. The molecule has 29 heavy (non-hydrogen) atoms. The largest absolute Gasteiger partial charge is 0.352 e. The standard InChI is InChI=1S/C22H24N4O2S/c27-20(10-11-21-25-18-8-1-2-9-19(18)29-21)23-15-16-6-5-7-17(14-16)24-22(28)26-12-3-4-13-26/h1-2,5-9,14H,3-4,10-13,15H2,(H,23,27)(H,24,28). The monoisotopic (exact) mass is 408 g/mol. The molecular formula is C22H24N4O2S. The molecule has 1 aliphatic heterocycles. The number of aryl methyl sites for hydroxylation is 1. The van der Waals surface area contributed by atoms with Gasteiger partial charge in [0, 0.05) is 38.2 Å². The minimum Gasteiger partial charge on any atom is -0.352 e. The van der Waals surface area contributed by atoms with Crippen molar-refractivity contribution in [2.45, 2.75) is 32.2 Å². The third-order valence-electron chi connectivity index (χ3n) is 4.97. The molecule has 2 N–H and O–H groups in total. The van der Waals surface area contributed by atoms with Gasteiger partial charge in [-0.05, 0) is 42.7 Å². The lowest BCUT2D eigenvalue weighted by atomic mass is 10.2. The van der Waals surface area contributed by atoms with Gasteiger partial charge in [0.05, 0.1) is 15.2 Å². The lowest BCUT2D eigenvalue weighted by Crippen LogP contribution is -2.32. The Morgan fingerprint density at radius 3 is 2.72 bits per heavy atom. The second kappa shape index (κ2) is 9.05. The first-order chi connectivity index (χ1) is 14.2. The number of urea groups is 1. The van der Waals surface area contributed by atoms with Crippen LogP contribution in [-0.2, 0) is 17.8 Å². The van der Waals surface area contributed by atoms with Crippen molar-refractivity contribution in [3.05, 3.63) is 59.1 Å². The molecule has 0 spiro atoms. The van der Waals surface area contributed by atoms with Crippen LogP contribution >= 0.6 is 11.3 Å². The van der Waals surface area contributed by atoms with Gasteiger partial charge in [-0.2, -0.15) is 0 Å². The number of nitrogens with one attached hydrogen (secondary N) is 2. The average molecular weight is 409 g/mol. The lowest BCUT2D eigenvalue weighted by molar-refractivity contribution is -0.121. The number of carbonyl (C=O) groups excluding carboxylic acids is 2. The zero-order valence-electron chi connectivity index (χ0n) is 16.2. The van der Waals surface area contributed by atoms with Gasteiger partial charge in [0.15, 0.2) is 0 Å². The molecule has 1 aromatic heterocycles. The van der Waals surface area contributed by atoms with Gasteiger partial charge >= 0.3 is 6.03 Å². The van der Waals surface area contributed by atoms with Crippen molar-refractivity contribution in [3.8, 4) is 0 Å². The van der Waals surface area contributed by atoms with Gasteiger partial charge < -0.3 is 15.5 Å². The Morgan fingerprint density at radius 2 is 1.90 bits per heavy atom. The zero-order valence-corrected chi connectivity index (χ0v) is 17.0. The topological polar surface area (TPSA) is 74.3 Å². The molecule has 150 valence electrons. The fourth-order valence-electron chi connectivity index (χ4n) is 3.42. The van der Waals surface area contributed by atoms with E-state index in [1.54, 1.807) is 11.3 Å². The van der Waals surface area contributed by atoms with Gasteiger partial charge in [-0.15, -0.1) is 11.3 Å². The molecule has 3 aromatic rings. The van der Waals surface area contributed by atoms with Gasteiger partial charge in [0.25, 0.3) is 0 Å². The van der Waals surface area contributed by atoms with E-state index in [-0.39, 0.29) is 11.9 Å². The molecule has 0 saturated carbocycles. The van der Waals surface area contributed by atoms with Crippen LogP contribution in [0.1, 0.15) is 29.8 Å². The van der Waals surface area contributed by atoms with Crippen molar-refractivity contribution in [1.82, 2.24) is 15.2 Å². The van der Waals surface area contributed by atoms with Gasteiger partial charge in [-0.1, -0.05) is 24.3 Å². The summed E-state index contributed by atoms with van der Waals surface area (Å²) in [6, 6.07) is 15.6. The van der Waals surface area contributed by atoms with Gasteiger partial charge in [0.2, 0.25) is 5.91 Å². The fraction of sp³-hybridized carbons (Fsp3) is 0.318. The van der Waals surface area contributed by atoms with Crippen molar-refractivity contribution < 1.29 is 9.59 Å². The van der Waals surface area contributed by atoms with E-state index in [2.05, 4.69) is 15.6 Å². The smallest absolute Gasteiger partial charge is 0.321 e. The first-order valence-electron chi connectivity index (χ1n) is 9.93. The molecule has 1 aliphatic rings. The number of fused-ring (bicyclic) bond motifs is 1. The minimum absolute atomic E-state index is 0.00392. The van der Waals surface area contributed by atoms with Crippen molar-refractivity contribution in [2.75, 3.05) is 18.4 Å². The van der Waals surface area contributed by atoms with Crippen LogP contribution in [-0.4, -0.2) is 34.9 Å². The maximum atomic E-state index is 12.2. The molecule has 0 aliphatic carbocycles. The molecule has 1 fully saturated rings. The summed E-state index contributed by atoms with van der Waals surface area (Å²) in [4.78, 5) is 30.8. The second-order valence-corrected chi connectivity index (χ2v) is 8.29. The molecule has 0 unspecified atom stereocenters. The van der Waals surface area contributed by atoms with E-state index >= 15 is 0 Å². The first-order valence-corrected chi connectivity index (χ1v) is 10.7. The van der Waals surface area contributed by atoms with E-state index in [4.69, 9.17) is 0 Å². The average Bonchev–Trinajstić information content (AvgIpc) is 3.40. The molecule has 0 atom stereocenters. The third-order valence-corrected chi connectivity index (χ3v) is 6.06. The van der Waals surface area contributed by atoms with Gasteiger partial charge in [-0.3, -0.25) is 4.79 Å². The maximum Gasteiger partial charge on any atom is 0.321 e.